The van der Waals surface area contributed by atoms with E-state index in [0.717, 1.165) is 6.07 Å². The number of pyridine rings is 1. The molecule has 1 aromatic carbocycles. The lowest BCUT2D eigenvalue weighted by Gasteiger charge is -2.03. The number of carbonyl (C=O) groups excluding carboxylic acids is 1. The van der Waals surface area contributed by atoms with Gasteiger partial charge in [-0.2, -0.15) is 8.42 Å². The van der Waals surface area contributed by atoms with Crippen LogP contribution in [0.4, 0.5) is 3.89 Å². The molecular weight excluding hydrogens is 269 g/mol. The Hall–Kier alpha value is -2.08. The summed E-state index contributed by atoms with van der Waals surface area (Å²) >= 11 is 0. The Bertz CT molecular complexity index is 741. The van der Waals surface area contributed by atoms with E-state index >= 15 is 0 Å². The highest BCUT2D eigenvalue weighted by Gasteiger charge is 2.14. The van der Waals surface area contributed by atoms with Crippen LogP contribution in [0.25, 0.3) is 11.3 Å². The highest BCUT2D eigenvalue weighted by Crippen LogP contribution is 2.21. The molecule has 2 aromatic rings. The number of Topliss-reactive ketones (excluding diaryl/α,β-unsaturated/α-hetero) is 1. The Morgan fingerprint density at radius 2 is 1.84 bits per heavy atom. The van der Waals surface area contributed by atoms with Crippen LogP contribution in [0.3, 0.4) is 0 Å². The first kappa shape index (κ1) is 13.4. The van der Waals surface area contributed by atoms with Crippen molar-refractivity contribution in [2.24, 2.45) is 0 Å². The maximum atomic E-state index is 12.9. The molecule has 0 amide bonds. The van der Waals surface area contributed by atoms with Crippen molar-refractivity contribution in [3.05, 3.63) is 48.0 Å². The summed E-state index contributed by atoms with van der Waals surface area (Å²) < 4.78 is 34.5. The molecule has 4 nitrogen and oxygen atoms in total. The van der Waals surface area contributed by atoms with Gasteiger partial charge >= 0.3 is 10.2 Å². The van der Waals surface area contributed by atoms with Gasteiger partial charge in [-0.05, 0) is 25.1 Å². The van der Waals surface area contributed by atoms with Gasteiger partial charge in [-0.1, -0.05) is 28.2 Å². The largest absolute Gasteiger partial charge is 0.349 e. The maximum Gasteiger partial charge on any atom is 0.349 e. The fourth-order valence-corrected chi connectivity index (χ4v) is 2.06. The molecule has 0 saturated heterocycles. The normalized spacial score (nSPS) is 11.3. The van der Waals surface area contributed by atoms with Gasteiger partial charge in [-0.3, -0.25) is 4.79 Å². The van der Waals surface area contributed by atoms with Crippen LogP contribution in [-0.2, 0) is 10.2 Å². The van der Waals surface area contributed by atoms with E-state index in [4.69, 9.17) is 0 Å². The van der Waals surface area contributed by atoms with Crippen molar-refractivity contribution in [1.82, 2.24) is 4.98 Å². The predicted octanol–water partition coefficient (Wildman–Crippen LogP) is 2.61. The first-order chi connectivity index (χ1) is 8.88. The summed E-state index contributed by atoms with van der Waals surface area (Å²) in [5.41, 5.74) is 1.33. The van der Waals surface area contributed by atoms with E-state index < -0.39 is 15.2 Å². The Balaban J connectivity index is 2.54. The van der Waals surface area contributed by atoms with Crippen molar-refractivity contribution in [2.75, 3.05) is 0 Å². The topological polar surface area (TPSA) is 64.1 Å². The number of benzene rings is 1. The zero-order valence-electron chi connectivity index (χ0n) is 10.00. The van der Waals surface area contributed by atoms with Crippen LogP contribution in [0.1, 0.15) is 17.3 Å². The summed E-state index contributed by atoms with van der Waals surface area (Å²) in [4.78, 5) is 15.0. The van der Waals surface area contributed by atoms with Gasteiger partial charge in [0.15, 0.2) is 10.8 Å². The molecule has 0 spiro atoms. The standard InChI is InChI=1S/C13H10FNO3S/c1-9(16)10-4-2-5-11(8-10)12-6-3-7-13(15-12)19(14,17)18/h2-8H,1H3. The summed E-state index contributed by atoms with van der Waals surface area (Å²) in [5.74, 6) is -0.115. The molecular formula is C13H10FNO3S. The van der Waals surface area contributed by atoms with Crippen molar-refractivity contribution < 1.29 is 17.1 Å². The Morgan fingerprint density at radius 3 is 2.47 bits per heavy atom. The van der Waals surface area contributed by atoms with Crippen molar-refractivity contribution in [1.29, 1.82) is 0 Å². The van der Waals surface area contributed by atoms with E-state index in [9.17, 15) is 17.1 Å². The van der Waals surface area contributed by atoms with Crippen LogP contribution in [0.2, 0.25) is 0 Å². The molecule has 0 saturated carbocycles. The number of ketones is 1. The maximum absolute atomic E-state index is 12.9. The van der Waals surface area contributed by atoms with Crippen LogP contribution >= 0.6 is 0 Å². The van der Waals surface area contributed by atoms with Crippen LogP contribution in [0.15, 0.2) is 47.5 Å². The van der Waals surface area contributed by atoms with E-state index in [1.54, 1.807) is 30.3 Å². The van der Waals surface area contributed by atoms with Crippen molar-refractivity contribution in [3.63, 3.8) is 0 Å². The van der Waals surface area contributed by atoms with E-state index in [2.05, 4.69) is 4.98 Å². The lowest BCUT2D eigenvalue weighted by Crippen LogP contribution is -1.98. The van der Waals surface area contributed by atoms with Gasteiger partial charge in [0.2, 0.25) is 0 Å². The third-order valence-electron chi connectivity index (χ3n) is 2.54. The molecule has 0 aliphatic heterocycles. The SMILES string of the molecule is CC(=O)c1cccc(-c2cccc(S(=O)(=O)F)n2)c1. The van der Waals surface area contributed by atoms with Crippen LogP contribution in [0.5, 0.6) is 0 Å². The fraction of sp³-hybridized carbons (Fsp3) is 0.0769. The second kappa shape index (κ2) is 4.89. The lowest BCUT2D eigenvalue weighted by molar-refractivity contribution is 0.101. The van der Waals surface area contributed by atoms with Gasteiger partial charge in [0.05, 0.1) is 5.69 Å². The van der Waals surface area contributed by atoms with Crippen LogP contribution < -0.4 is 0 Å². The average molecular weight is 279 g/mol. The summed E-state index contributed by atoms with van der Waals surface area (Å²) in [6, 6.07) is 10.6. The number of nitrogens with zero attached hydrogens (tertiary/aromatic N) is 1. The minimum atomic E-state index is -4.84. The molecule has 0 N–H and O–H groups in total. The van der Waals surface area contributed by atoms with Gasteiger partial charge in [0, 0.05) is 11.1 Å². The molecule has 1 heterocycles. The predicted molar refractivity (Wildman–Crippen MR) is 68.0 cm³/mol. The van der Waals surface area contributed by atoms with Gasteiger partial charge in [0.25, 0.3) is 0 Å². The van der Waals surface area contributed by atoms with Crippen molar-refractivity contribution in [3.8, 4) is 11.3 Å². The van der Waals surface area contributed by atoms with E-state index in [1.165, 1.54) is 13.0 Å². The molecule has 19 heavy (non-hydrogen) atoms. The molecule has 1 aromatic heterocycles. The summed E-state index contributed by atoms with van der Waals surface area (Å²) in [5, 5.41) is -0.641. The third-order valence-corrected chi connectivity index (χ3v) is 3.27. The van der Waals surface area contributed by atoms with Gasteiger partial charge in [-0.15, -0.1) is 0 Å². The number of halogens is 1. The molecule has 0 aliphatic rings. The Labute approximate surface area is 110 Å². The molecule has 0 radical (unpaired) electrons. The number of carbonyl (C=O) groups is 1. The first-order valence-corrected chi connectivity index (χ1v) is 6.79. The molecule has 0 bridgehead atoms. The summed E-state index contributed by atoms with van der Waals surface area (Å²) in [7, 11) is -4.84. The van der Waals surface area contributed by atoms with E-state index in [1.807, 2.05) is 0 Å². The zero-order chi connectivity index (χ0) is 14.0. The minimum Gasteiger partial charge on any atom is -0.295 e. The molecule has 0 atom stereocenters. The number of aromatic nitrogens is 1. The fourth-order valence-electron chi connectivity index (χ4n) is 1.61. The zero-order valence-corrected chi connectivity index (χ0v) is 10.8. The first-order valence-electron chi connectivity index (χ1n) is 5.41. The second-order valence-electron chi connectivity index (χ2n) is 3.94. The smallest absolute Gasteiger partial charge is 0.295 e. The van der Waals surface area contributed by atoms with Gasteiger partial charge < -0.3 is 0 Å². The molecule has 6 heteroatoms. The Kier molecular flexibility index (Phi) is 3.44. The molecule has 0 fully saturated rings. The van der Waals surface area contributed by atoms with Gasteiger partial charge in [-0.25, -0.2) is 4.98 Å². The number of rotatable bonds is 3. The number of hydrogen-bond donors (Lipinski definition) is 0. The monoisotopic (exact) mass is 279 g/mol. The highest BCUT2D eigenvalue weighted by molar-refractivity contribution is 7.86. The quantitative estimate of drug-likeness (QED) is 0.640. The minimum absolute atomic E-state index is 0.115. The van der Waals surface area contributed by atoms with Crippen molar-refractivity contribution >= 4 is 16.0 Å². The average Bonchev–Trinajstić information content (AvgIpc) is 2.38. The third kappa shape index (κ3) is 3.03. The molecule has 98 valence electrons. The highest BCUT2D eigenvalue weighted by atomic mass is 32.3. The summed E-state index contributed by atoms with van der Waals surface area (Å²) in [6.45, 7) is 1.43. The van der Waals surface area contributed by atoms with E-state index in [-0.39, 0.29) is 5.78 Å². The van der Waals surface area contributed by atoms with Crippen LogP contribution in [-0.4, -0.2) is 19.2 Å². The molecule has 0 aliphatic carbocycles. The second-order valence-corrected chi connectivity index (χ2v) is 5.23. The van der Waals surface area contributed by atoms with Gasteiger partial charge in [0.1, 0.15) is 0 Å². The summed E-state index contributed by atoms with van der Waals surface area (Å²) in [6.07, 6.45) is 0. The Morgan fingerprint density at radius 1 is 1.16 bits per heavy atom. The molecule has 0 unspecified atom stereocenters. The lowest BCUT2D eigenvalue weighted by atomic mass is 10.1. The molecule has 2 rings (SSSR count). The van der Waals surface area contributed by atoms with Crippen LogP contribution in [0, 0.1) is 0 Å². The number of hydrogen-bond acceptors (Lipinski definition) is 4. The van der Waals surface area contributed by atoms with E-state index in [0.29, 0.717) is 16.8 Å². The van der Waals surface area contributed by atoms with Crippen molar-refractivity contribution in [2.45, 2.75) is 11.9 Å².